The fourth-order valence-corrected chi connectivity index (χ4v) is 3.99. The van der Waals surface area contributed by atoms with Crippen molar-refractivity contribution in [3.63, 3.8) is 0 Å². The number of aliphatic hydroxyl groups is 1. The van der Waals surface area contributed by atoms with Gasteiger partial charge in [0.2, 0.25) is 0 Å². The average Bonchev–Trinajstić information content (AvgIpc) is 2.68. The van der Waals surface area contributed by atoms with E-state index >= 15 is 0 Å². The Morgan fingerprint density at radius 1 is 0.741 bits per heavy atom. The van der Waals surface area contributed by atoms with Crippen LogP contribution in [-0.2, 0) is 6.42 Å². The lowest BCUT2D eigenvalue weighted by molar-refractivity contribution is 0.00568. The monoisotopic (exact) mass is 375 g/mol. The minimum atomic E-state index is -0.423. The topological polar surface area (TPSA) is 23.5 Å². The average molecular weight is 376 g/mol. The number of nitrogens with zero attached hydrogens (tertiary/aromatic N) is 1. The summed E-state index contributed by atoms with van der Waals surface area (Å²) in [6.45, 7) is 10.1. The highest BCUT2D eigenvalue weighted by molar-refractivity contribution is 5.14. The molecule has 0 aliphatic heterocycles. The molecule has 0 atom stereocenters. The van der Waals surface area contributed by atoms with E-state index in [2.05, 4.69) is 56.0 Å². The van der Waals surface area contributed by atoms with Gasteiger partial charge in [0.15, 0.2) is 0 Å². The molecular weight excluding hydrogens is 330 g/mol. The Morgan fingerprint density at radius 2 is 1.30 bits per heavy atom. The molecule has 0 aromatic heterocycles. The van der Waals surface area contributed by atoms with Gasteiger partial charge in [-0.1, -0.05) is 89.6 Å². The second kappa shape index (κ2) is 15.1. The molecule has 0 amide bonds. The Kier molecular flexibility index (Phi) is 13.5. The Balaban J connectivity index is 2.33. The second-order valence-corrected chi connectivity index (χ2v) is 8.27. The van der Waals surface area contributed by atoms with Crippen LogP contribution >= 0.6 is 0 Å². The Bertz CT molecular complexity index is 435. The molecule has 1 aromatic carbocycles. The van der Waals surface area contributed by atoms with Gasteiger partial charge in [-0.05, 0) is 63.7 Å². The maximum absolute atomic E-state index is 11.2. The van der Waals surface area contributed by atoms with Gasteiger partial charge in [-0.15, -0.1) is 0 Å². The van der Waals surface area contributed by atoms with Crippen molar-refractivity contribution < 1.29 is 5.11 Å². The van der Waals surface area contributed by atoms with Gasteiger partial charge in [0.25, 0.3) is 0 Å². The molecule has 0 fully saturated rings. The summed E-state index contributed by atoms with van der Waals surface area (Å²) in [6, 6.07) is 10.8. The zero-order valence-corrected chi connectivity index (χ0v) is 18.4. The van der Waals surface area contributed by atoms with E-state index in [4.69, 9.17) is 0 Å². The van der Waals surface area contributed by atoms with Crippen LogP contribution in [0.25, 0.3) is 0 Å². The van der Waals surface area contributed by atoms with E-state index in [0.29, 0.717) is 0 Å². The van der Waals surface area contributed by atoms with Crippen LogP contribution in [0.2, 0.25) is 0 Å². The molecule has 0 spiro atoms. The van der Waals surface area contributed by atoms with Crippen LogP contribution in [0.15, 0.2) is 30.3 Å². The SMILES string of the molecule is CCCCCC(O)(CCCCC)CCCN(CC)CCCc1ccccc1. The van der Waals surface area contributed by atoms with E-state index in [1.54, 1.807) is 0 Å². The summed E-state index contributed by atoms with van der Waals surface area (Å²) in [5.74, 6) is 0. The van der Waals surface area contributed by atoms with Crippen LogP contribution in [0.5, 0.6) is 0 Å². The van der Waals surface area contributed by atoms with Crippen LogP contribution < -0.4 is 0 Å². The van der Waals surface area contributed by atoms with E-state index in [-0.39, 0.29) is 0 Å². The predicted molar refractivity (Wildman–Crippen MR) is 119 cm³/mol. The minimum absolute atomic E-state index is 0.423. The number of rotatable bonds is 17. The predicted octanol–water partition coefficient (Wildman–Crippen LogP) is 6.61. The van der Waals surface area contributed by atoms with Crippen molar-refractivity contribution in [1.82, 2.24) is 4.90 Å². The fraction of sp³-hybridized carbons (Fsp3) is 0.760. The minimum Gasteiger partial charge on any atom is -0.390 e. The molecule has 0 heterocycles. The van der Waals surface area contributed by atoms with Crippen molar-refractivity contribution in [3.05, 3.63) is 35.9 Å². The molecule has 0 aliphatic rings. The molecule has 1 aromatic rings. The molecular formula is C25H45NO. The van der Waals surface area contributed by atoms with E-state index in [0.717, 1.165) is 51.7 Å². The first-order chi connectivity index (χ1) is 13.1. The molecule has 0 saturated carbocycles. The zero-order chi connectivity index (χ0) is 19.8. The number of hydrogen-bond acceptors (Lipinski definition) is 2. The number of hydrogen-bond donors (Lipinski definition) is 1. The number of aryl methyl sites for hydroxylation is 1. The van der Waals surface area contributed by atoms with Crippen LogP contribution in [-0.4, -0.2) is 35.2 Å². The molecule has 2 nitrogen and oxygen atoms in total. The van der Waals surface area contributed by atoms with Gasteiger partial charge in [0, 0.05) is 0 Å². The van der Waals surface area contributed by atoms with E-state index < -0.39 is 5.60 Å². The molecule has 1 rings (SSSR count). The molecule has 0 aliphatic carbocycles. The number of benzene rings is 1. The smallest absolute Gasteiger partial charge is 0.0648 e. The highest BCUT2D eigenvalue weighted by Crippen LogP contribution is 2.27. The Morgan fingerprint density at radius 3 is 1.85 bits per heavy atom. The fourth-order valence-electron chi connectivity index (χ4n) is 3.99. The zero-order valence-electron chi connectivity index (χ0n) is 18.4. The quantitative estimate of drug-likeness (QED) is 0.310. The van der Waals surface area contributed by atoms with Gasteiger partial charge in [-0.25, -0.2) is 0 Å². The molecule has 156 valence electrons. The molecule has 0 unspecified atom stereocenters. The summed E-state index contributed by atoms with van der Waals surface area (Å²) in [6.07, 6.45) is 13.8. The summed E-state index contributed by atoms with van der Waals surface area (Å²) in [5, 5.41) is 11.2. The summed E-state index contributed by atoms with van der Waals surface area (Å²) in [4.78, 5) is 2.56. The van der Waals surface area contributed by atoms with Gasteiger partial charge in [-0.3, -0.25) is 0 Å². The molecule has 2 heteroatoms. The Labute approximate surface area is 169 Å². The highest BCUT2D eigenvalue weighted by atomic mass is 16.3. The van der Waals surface area contributed by atoms with Gasteiger partial charge < -0.3 is 10.0 Å². The standard InChI is InChI=1S/C25H45NO/c1-4-7-12-19-25(27,20-13-8-5-2)21-15-23-26(6-3)22-14-18-24-16-10-9-11-17-24/h9-11,16-17,27H,4-8,12-15,18-23H2,1-3H3. The summed E-state index contributed by atoms with van der Waals surface area (Å²) >= 11 is 0. The molecule has 0 radical (unpaired) electrons. The summed E-state index contributed by atoms with van der Waals surface area (Å²) in [7, 11) is 0. The van der Waals surface area contributed by atoms with E-state index in [1.165, 1.54) is 50.5 Å². The maximum atomic E-state index is 11.2. The van der Waals surface area contributed by atoms with Crippen molar-refractivity contribution in [3.8, 4) is 0 Å². The van der Waals surface area contributed by atoms with Crippen molar-refractivity contribution >= 4 is 0 Å². The maximum Gasteiger partial charge on any atom is 0.0648 e. The molecule has 1 N–H and O–H groups in total. The molecule has 0 bridgehead atoms. The van der Waals surface area contributed by atoms with Gasteiger partial charge in [0.05, 0.1) is 5.60 Å². The first-order valence-electron chi connectivity index (χ1n) is 11.6. The largest absolute Gasteiger partial charge is 0.390 e. The second-order valence-electron chi connectivity index (χ2n) is 8.27. The number of unbranched alkanes of at least 4 members (excludes halogenated alkanes) is 4. The van der Waals surface area contributed by atoms with E-state index in [9.17, 15) is 5.11 Å². The van der Waals surface area contributed by atoms with Gasteiger partial charge in [0.1, 0.15) is 0 Å². The lowest BCUT2D eigenvalue weighted by Crippen LogP contribution is -2.32. The normalized spacial score (nSPS) is 12.0. The van der Waals surface area contributed by atoms with Crippen molar-refractivity contribution in [1.29, 1.82) is 0 Å². The summed E-state index contributed by atoms with van der Waals surface area (Å²) in [5.41, 5.74) is 1.02. The third-order valence-electron chi connectivity index (χ3n) is 5.84. The van der Waals surface area contributed by atoms with Gasteiger partial charge >= 0.3 is 0 Å². The first kappa shape index (κ1) is 24.2. The Hall–Kier alpha value is -0.860. The highest BCUT2D eigenvalue weighted by Gasteiger charge is 2.25. The molecule has 27 heavy (non-hydrogen) atoms. The third kappa shape index (κ3) is 11.5. The van der Waals surface area contributed by atoms with Crippen molar-refractivity contribution in [2.75, 3.05) is 19.6 Å². The third-order valence-corrected chi connectivity index (χ3v) is 5.84. The van der Waals surface area contributed by atoms with Crippen molar-refractivity contribution in [2.45, 2.75) is 103 Å². The molecule has 0 saturated heterocycles. The van der Waals surface area contributed by atoms with Crippen LogP contribution in [0.4, 0.5) is 0 Å². The lowest BCUT2D eigenvalue weighted by atomic mass is 9.86. The first-order valence-corrected chi connectivity index (χ1v) is 11.6. The lowest BCUT2D eigenvalue weighted by Gasteiger charge is -2.30. The van der Waals surface area contributed by atoms with Crippen molar-refractivity contribution in [2.24, 2.45) is 0 Å². The summed E-state index contributed by atoms with van der Waals surface area (Å²) < 4.78 is 0. The van der Waals surface area contributed by atoms with Crippen LogP contribution in [0.3, 0.4) is 0 Å². The van der Waals surface area contributed by atoms with E-state index in [1.807, 2.05) is 0 Å². The van der Waals surface area contributed by atoms with Gasteiger partial charge in [-0.2, -0.15) is 0 Å². The van der Waals surface area contributed by atoms with Crippen LogP contribution in [0, 0.1) is 0 Å². The van der Waals surface area contributed by atoms with Crippen LogP contribution in [0.1, 0.15) is 97.0 Å².